The molecule has 0 radical (unpaired) electrons. The first-order valence-corrected chi connectivity index (χ1v) is 7.32. The predicted octanol–water partition coefficient (Wildman–Crippen LogP) is 2.18. The zero-order valence-electron chi connectivity index (χ0n) is 10.4. The topological polar surface area (TPSA) is 70.0 Å². The number of hydrogen-bond acceptors (Lipinski definition) is 3. The van der Waals surface area contributed by atoms with Gasteiger partial charge in [-0.05, 0) is 19.9 Å². The van der Waals surface area contributed by atoms with Crippen molar-refractivity contribution in [2.75, 3.05) is 7.05 Å². The smallest absolute Gasteiger partial charge is 0.217 e. The molecule has 1 N–H and O–H groups in total. The number of nitriles is 1. The first kappa shape index (κ1) is 15.4. The van der Waals surface area contributed by atoms with E-state index in [4.69, 9.17) is 0 Å². The molecule has 0 aromatic carbocycles. The van der Waals surface area contributed by atoms with Gasteiger partial charge in [0.25, 0.3) is 0 Å². The van der Waals surface area contributed by atoms with Gasteiger partial charge in [0.05, 0.1) is 6.07 Å². The summed E-state index contributed by atoms with van der Waals surface area (Å²) in [6.07, 6.45) is 4.16. The summed E-state index contributed by atoms with van der Waals surface area (Å²) >= 11 is 0. The van der Waals surface area contributed by atoms with Crippen LogP contribution in [-0.4, -0.2) is 20.2 Å². The zero-order chi connectivity index (χ0) is 12.7. The van der Waals surface area contributed by atoms with E-state index in [-0.39, 0.29) is 0 Å². The molecule has 16 heavy (non-hydrogen) atoms. The fourth-order valence-electron chi connectivity index (χ4n) is 1.69. The standard InChI is InChI=1S/C11H22N2O2S/c1-4-6-8-11(10-12,9-7-5-2)16(14,15)13-3/h13H,4-9H2,1-3H3. The molecule has 0 aliphatic rings. The van der Waals surface area contributed by atoms with Gasteiger partial charge in [0, 0.05) is 0 Å². The van der Waals surface area contributed by atoms with Crippen molar-refractivity contribution < 1.29 is 8.42 Å². The molecule has 0 fully saturated rings. The summed E-state index contributed by atoms with van der Waals surface area (Å²) in [6.45, 7) is 3.99. The molecular formula is C11H22N2O2S. The molecule has 0 aromatic heterocycles. The lowest BCUT2D eigenvalue weighted by Crippen LogP contribution is -2.44. The first-order chi connectivity index (χ1) is 7.49. The van der Waals surface area contributed by atoms with Crippen LogP contribution in [0.1, 0.15) is 52.4 Å². The van der Waals surface area contributed by atoms with Gasteiger partial charge in [0.15, 0.2) is 4.75 Å². The fourth-order valence-corrected chi connectivity index (χ4v) is 3.02. The molecule has 94 valence electrons. The van der Waals surface area contributed by atoms with Crippen molar-refractivity contribution in [2.24, 2.45) is 0 Å². The molecule has 0 spiro atoms. The van der Waals surface area contributed by atoms with Crippen molar-refractivity contribution in [2.45, 2.75) is 57.1 Å². The molecule has 5 heteroatoms. The van der Waals surface area contributed by atoms with Gasteiger partial charge in [-0.15, -0.1) is 0 Å². The van der Waals surface area contributed by atoms with Crippen LogP contribution in [0.5, 0.6) is 0 Å². The highest BCUT2D eigenvalue weighted by atomic mass is 32.2. The van der Waals surface area contributed by atoms with E-state index in [0.717, 1.165) is 25.7 Å². The van der Waals surface area contributed by atoms with E-state index >= 15 is 0 Å². The van der Waals surface area contributed by atoms with Crippen molar-refractivity contribution in [3.05, 3.63) is 0 Å². The number of sulfonamides is 1. The Kier molecular flexibility index (Phi) is 6.61. The van der Waals surface area contributed by atoms with E-state index in [1.807, 2.05) is 19.9 Å². The summed E-state index contributed by atoms with van der Waals surface area (Å²) in [5, 5.41) is 9.23. The molecule has 0 aromatic rings. The second kappa shape index (κ2) is 6.87. The summed E-state index contributed by atoms with van der Waals surface area (Å²) in [4.78, 5) is 0. The maximum atomic E-state index is 11.9. The highest BCUT2D eigenvalue weighted by Gasteiger charge is 2.42. The van der Waals surface area contributed by atoms with Gasteiger partial charge in [0.2, 0.25) is 10.0 Å². The molecule has 0 atom stereocenters. The Morgan fingerprint density at radius 3 is 1.88 bits per heavy atom. The third-order valence-electron chi connectivity index (χ3n) is 2.86. The molecule has 0 saturated heterocycles. The molecule has 0 aliphatic carbocycles. The molecular weight excluding hydrogens is 224 g/mol. The van der Waals surface area contributed by atoms with Crippen LogP contribution in [0.25, 0.3) is 0 Å². The Balaban J connectivity index is 5.05. The number of nitrogens with zero attached hydrogens (tertiary/aromatic N) is 1. The van der Waals surface area contributed by atoms with Crippen LogP contribution in [0.2, 0.25) is 0 Å². The summed E-state index contributed by atoms with van der Waals surface area (Å²) < 4.78 is 24.9. The van der Waals surface area contributed by atoms with Gasteiger partial charge in [-0.2, -0.15) is 5.26 Å². The second-order valence-corrected chi connectivity index (χ2v) is 6.22. The molecule has 0 heterocycles. The van der Waals surface area contributed by atoms with Crippen molar-refractivity contribution in [3.63, 3.8) is 0 Å². The maximum absolute atomic E-state index is 11.9. The minimum atomic E-state index is -3.53. The van der Waals surface area contributed by atoms with Crippen LogP contribution >= 0.6 is 0 Å². The summed E-state index contributed by atoms with van der Waals surface area (Å²) in [5.74, 6) is 0. The van der Waals surface area contributed by atoms with Crippen LogP contribution in [0.3, 0.4) is 0 Å². The van der Waals surface area contributed by atoms with Crippen molar-refractivity contribution >= 4 is 10.0 Å². The number of unbranched alkanes of at least 4 members (excludes halogenated alkanes) is 2. The lowest BCUT2D eigenvalue weighted by atomic mass is 9.96. The Morgan fingerprint density at radius 2 is 1.62 bits per heavy atom. The molecule has 0 unspecified atom stereocenters. The van der Waals surface area contributed by atoms with Gasteiger partial charge in [0.1, 0.15) is 0 Å². The van der Waals surface area contributed by atoms with Crippen LogP contribution in [-0.2, 0) is 10.0 Å². The quantitative estimate of drug-likeness (QED) is 0.713. The SMILES string of the molecule is CCCCC(C#N)(CCCC)S(=O)(=O)NC. The molecule has 4 nitrogen and oxygen atoms in total. The first-order valence-electron chi connectivity index (χ1n) is 5.84. The maximum Gasteiger partial charge on any atom is 0.230 e. The molecule has 0 amide bonds. The lowest BCUT2D eigenvalue weighted by molar-refractivity contribution is 0.485. The van der Waals surface area contributed by atoms with Gasteiger partial charge < -0.3 is 0 Å². The predicted molar refractivity (Wildman–Crippen MR) is 65.4 cm³/mol. The van der Waals surface area contributed by atoms with Crippen LogP contribution < -0.4 is 4.72 Å². The molecule has 0 bridgehead atoms. The van der Waals surface area contributed by atoms with E-state index in [9.17, 15) is 13.7 Å². The molecule has 0 aliphatic heterocycles. The highest BCUT2D eigenvalue weighted by Crippen LogP contribution is 2.29. The average molecular weight is 246 g/mol. The Hall–Kier alpha value is -0.600. The Labute approximate surface area is 99.1 Å². The van der Waals surface area contributed by atoms with E-state index in [2.05, 4.69) is 4.72 Å². The van der Waals surface area contributed by atoms with Gasteiger partial charge in [-0.1, -0.05) is 39.5 Å². The minimum Gasteiger partial charge on any atom is -0.217 e. The van der Waals surface area contributed by atoms with Gasteiger partial charge >= 0.3 is 0 Å². The summed E-state index contributed by atoms with van der Waals surface area (Å²) in [5.41, 5.74) is 0. The highest BCUT2D eigenvalue weighted by molar-refractivity contribution is 7.91. The summed E-state index contributed by atoms with van der Waals surface area (Å²) in [7, 11) is -2.15. The van der Waals surface area contributed by atoms with Crippen LogP contribution in [0.4, 0.5) is 0 Å². The average Bonchev–Trinajstić information content (AvgIpc) is 2.29. The van der Waals surface area contributed by atoms with E-state index in [0.29, 0.717) is 12.8 Å². The number of nitrogens with one attached hydrogen (secondary N) is 1. The fraction of sp³-hybridized carbons (Fsp3) is 0.909. The largest absolute Gasteiger partial charge is 0.230 e. The number of rotatable bonds is 8. The third kappa shape index (κ3) is 3.46. The second-order valence-electron chi connectivity index (χ2n) is 4.02. The third-order valence-corrected chi connectivity index (χ3v) is 4.92. The lowest BCUT2D eigenvalue weighted by Gasteiger charge is -2.25. The van der Waals surface area contributed by atoms with Crippen LogP contribution in [0.15, 0.2) is 0 Å². The van der Waals surface area contributed by atoms with E-state index in [1.54, 1.807) is 0 Å². The Bertz CT molecular complexity index is 322. The van der Waals surface area contributed by atoms with Gasteiger partial charge in [-0.3, -0.25) is 0 Å². The van der Waals surface area contributed by atoms with E-state index < -0.39 is 14.8 Å². The Morgan fingerprint density at radius 1 is 1.19 bits per heavy atom. The minimum absolute atomic E-state index is 0.420. The van der Waals surface area contributed by atoms with Crippen molar-refractivity contribution in [1.82, 2.24) is 4.72 Å². The zero-order valence-corrected chi connectivity index (χ0v) is 11.2. The number of hydrogen-bond donors (Lipinski definition) is 1. The molecule has 0 saturated carbocycles. The normalized spacial score (nSPS) is 12.4. The van der Waals surface area contributed by atoms with Gasteiger partial charge in [-0.25, -0.2) is 13.1 Å². The summed E-state index contributed by atoms with van der Waals surface area (Å²) in [6, 6.07) is 2.03. The van der Waals surface area contributed by atoms with E-state index in [1.165, 1.54) is 7.05 Å². The van der Waals surface area contributed by atoms with Crippen molar-refractivity contribution in [3.8, 4) is 6.07 Å². The molecule has 0 rings (SSSR count). The van der Waals surface area contributed by atoms with Crippen LogP contribution in [0, 0.1) is 11.3 Å². The monoisotopic (exact) mass is 246 g/mol. The van der Waals surface area contributed by atoms with Crippen molar-refractivity contribution in [1.29, 1.82) is 5.26 Å².